The summed E-state index contributed by atoms with van der Waals surface area (Å²) in [6.07, 6.45) is -3.71. The van der Waals surface area contributed by atoms with Gasteiger partial charge < -0.3 is 4.57 Å². The van der Waals surface area contributed by atoms with Crippen molar-refractivity contribution in [3.8, 4) is 0 Å². The summed E-state index contributed by atoms with van der Waals surface area (Å²) < 4.78 is 39.2. The van der Waals surface area contributed by atoms with Crippen molar-refractivity contribution in [2.24, 2.45) is 7.05 Å². The van der Waals surface area contributed by atoms with Crippen molar-refractivity contribution in [2.75, 3.05) is 0 Å². The molecule has 5 heteroatoms. The molecular weight excluding hydrogens is 231 g/mol. The largest absolute Gasteiger partial charge is 0.416 e. The van der Waals surface area contributed by atoms with Gasteiger partial charge in [0.25, 0.3) is 0 Å². The summed E-state index contributed by atoms with van der Waals surface area (Å²) in [5.74, 6) is 0. The van der Waals surface area contributed by atoms with Crippen molar-refractivity contribution in [1.29, 1.82) is 0 Å². The number of halogens is 3. The number of aryl methyl sites for hydroxylation is 2. The molecule has 0 radical (unpaired) electrons. The molecule has 2 nitrogen and oxygen atoms in total. The molecule has 0 spiro atoms. The Bertz CT molecular complexity index is 596. The first kappa shape index (κ1) is 11.7. The Balaban J connectivity index is 2.79. The monoisotopic (exact) mass is 241 g/mol. The molecule has 1 heterocycles. The van der Waals surface area contributed by atoms with Crippen LogP contribution in [0.25, 0.3) is 10.9 Å². The molecule has 90 valence electrons. The molecule has 0 atom stereocenters. The fourth-order valence-electron chi connectivity index (χ4n) is 1.99. The maximum atomic E-state index is 12.6. The second kappa shape index (κ2) is 3.61. The molecule has 17 heavy (non-hydrogen) atoms. The van der Waals surface area contributed by atoms with E-state index in [1.54, 1.807) is 14.0 Å². The zero-order valence-corrected chi connectivity index (χ0v) is 9.30. The van der Waals surface area contributed by atoms with Gasteiger partial charge >= 0.3 is 6.18 Å². The lowest BCUT2D eigenvalue weighted by Gasteiger charge is -2.07. The maximum Gasteiger partial charge on any atom is 0.416 e. The smallest absolute Gasteiger partial charge is 0.341 e. The highest BCUT2D eigenvalue weighted by molar-refractivity contribution is 5.93. The molecule has 0 fully saturated rings. The van der Waals surface area contributed by atoms with E-state index >= 15 is 0 Å². The van der Waals surface area contributed by atoms with Gasteiger partial charge in [0.2, 0.25) is 0 Å². The standard InChI is InChI=1S/C12H10F3NO/c1-7-9-4-3-8(12(13,14)15)5-10(9)16(2)11(7)6-17/h3-6H,1-2H3. The van der Waals surface area contributed by atoms with E-state index in [2.05, 4.69) is 0 Å². The number of carbonyl (C=O) groups excluding carboxylic acids is 1. The Labute approximate surface area is 95.7 Å². The van der Waals surface area contributed by atoms with Gasteiger partial charge in [0.05, 0.1) is 11.3 Å². The normalized spacial score (nSPS) is 12.1. The molecule has 0 aliphatic heterocycles. The number of hydrogen-bond acceptors (Lipinski definition) is 1. The summed E-state index contributed by atoms with van der Waals surface area (Å²) in [5, 5.41) is 0.669. The number of alkyl halides is 3. The van der Waals surface area contributed by atoms with Gasteiger partial charge in [-0.1, -0.05) is 6.07 Å². The maximum absolute atomic E-state index is 12.6. The predicted molar refractivity (Wildman–Crippen MR) is 58.0 cm³/mol. The second-order valence-corrected chi connectivity index (χ2v) is 3.92. The van der Waals surface area contributed by atoms with Gasteiger partial charge in [0.1, 0.15) is 0 Å². The van der Waals surface area contributed by atoms with Crippen LogP contribution in [-0.2, 0) is 13.2 Å². The number of aldehydes is 1. The van der Waals surface area contributed by atoms with E-state index in [9.17, 15) is 18.0 Å². The molecule has 2 rings (SSSR count). The van der Waals surface area contributed by atoms with Gasteiger partial charge in [-0.15, -0.1) is 0 Å². The third-order valence-electron chi connectivity index (χ3n) is 2.95. The summed E-state index contributed by atoms with van der Waals surface area (Å²) in [4.78, 5) is 10.9. The first-order valence-electron chi connectivity index (χ1n) is 4.97. The van der Waals surface area contributed by atoms with Crippen LogP contribution in [0.15, 0.2) is 18.2 Å². The third-order valence-corrected chi connectivity index (χ3v) is 2.95. The lowest BCUT2D eigenvalue weighted by molar-refractivity contribution is -0.137. The highest BCUT2D eigenvalue weighted by atomic mass is 19.4. The Morgan fingerprint density at radius 2 is 1.94 bits per heavy atom. The molecule has 0 saturated heterocycles. The number of hydrogen-bond donors (Lipinski definition) is 0. The van der Waals surface area contributed by atoms with Crippen LogP contribution in [0.4, 0.5) is 13.2 Å². The number of fused-ring (bicyclic) bond motifs is 1. The quantitative estimate of drug-likeness (QED) is 0.702. The van der Waals surface area contributed by atoms with E-state index < -0.39 is 11.7 Å². The SMILES string of the molecule is Cc1c(C=O)n(C)c2cc(C(F)(F)F)ccc12. The van der Waals surface area contributed by atoms with Crippen molar-refractivity contribution in [3.05, 3.63) is 35.0 Å². The van der Waals surface area contributed by atoms with Crippen LogP contribution in [0.3, 0.4) is 0 Å². The molecule has 0 saturated carbocycles. The van der Waals surface area contributed by atoms with E-state index in [4.69, 9.17) is 0 Å². The predicted octanol–water partition coefficient (Wildman–Crippen LogP) is 3.32. The second-order valence-electron chi connectivity index (χ2n) is 3.92. The highest BCUT2D eigenvalue weighted by Crippen LogP contribution is 2.33. The van der Waals surface area contributed by atoms with E-state index in [-0.39, 0.29) is 0 Å². The molecule has 0 aliphatic rings. The highest BCUT2D eigenvalue weighted by Gasteiger charge is 2.31. The van der Waals surface area contributed by atoms with Gasteiger partial charge in [-0.25, -0.2) is 0 Å². The van der Waals surface area contributed by atoms with Crippen LogP contribution in [-0.4, -0.2) is 10.9 Å². The van der Waals surface area contributed by atoms with E-state index in [1.165, 1.54) is 10.6 Å². The fourth-order valence-corrected chi connectivity index (χ4v) is 1.99. The molecule has 1 aromatic heterocycles. The van der Waals surface area contributed by atoms with Gasteiger partial charge in [-0.05, 0) is 24.6 Å². The molecule has 0 N–H and O–H groups in total. The van der Waals surface area contributed by atoms with Gasteiger partial charge in [-0.2, -0.15) is 13.2 Å². The van der Waals surface area contributed by atoms with Crippen LogP contribution in [0.1, 0.15) is 21.6 Å². The van der Waals surface area contributed by atoms with E-state index in [0.29, 0.717) is 28.4 Å². The zero-order chi connectivity index (χ0) is 12.8. The summed E-state index contributed by atoms with van der Waals surface area (Å²) in [6.45, 7) is 1.72. The fraction of sp³-hybridized carbons (Fsp3) is 0.250. The number of rotatable bonds is 1. The summed E-state index contributed by atoms with van der Waals surface area (Å²) in [7, 11) is 1.58. The Kier molecular flexibility index (Phi) is 2.49. The van der Waals surface area contributed by atoms with Crippen molar-refractivity contribution >= 4 is 17.2 Å². The van der Waals surface area contributed by atoms with Crippen molar-refractivity contribution < 1.29 is 18.0 Å². The third kappa shape index (κ3) is 1.71. The van der Waals surface area contributed by atoms with Crippen LogP contribution < -0.4 is 0 Å². The van der Waals surface area contributed by atoms with E-state index in [1.807, 2.05) is 0 Å². The molecule has 0 aliphatic carbocycles. The van der Waals surface area contributed by atoms with Crippen molar-refractivity contribution in [2.45, 2.75) is 13.1 Å². The average molecular weight is 241 g/mol. The number of nitrogens with zero attached hydrogens (tertiary/aromatic N) is 1. The molecule has 0 bridgehead atoms. The number of aromatic nitrogens is 1. The van der Waals surface area contributed by atoms with Gasteiger partial charge in [0, 0.05) is 18.0 Å². The Morgan fingerprint density at radius 1 is 1.29 bits per heavy atom. The lowest BCUT2D eigenvalue weighted by Crippen LogP contribution is -2.04. The summed E-state index contributed by atoms with van der Waals surface area (Å²) in [5.41, 5.74) is 0.813. The number of benzene rings is 1. The summed E-state index contributed by atoms with van der Waals surface area (Å²) >= 11 is 0. The zero-order valence-electron chi connectivity index (χ0n) is 9.30. The molecule has 1 aromatic carbocycles. The van der Waals surface area contributed by atoms with Crippen molar-refractivity contribution in [1.82, 2.24) is 4.57 Å². The minimum Gasteiger partial charge on any atom is -0.341 e. The van der Waals surface area contributed by atoms with E-state index in [0.717, 1.165) is 12.1 Å². The van der Waals surface area contributed by atoms with Crippen molar-refractivity contribution in [3.63, 3.8) is 0 Å². The topological polar surface area (TPSA) is 22.0 Å². The van der Waals surface area contributed by atoms with Crippen LogP contribution >= 0.6 is 0 Å². The molecular formula is C12H10F3NO. The minimum atomic E-state index is -4.37. The minimum absolute atomic E-state index is 0.402. The lowest BCUT2D eigenvalue weighted by atomic mass is 10.1. The van der Waals surface area contributed by atoms with Gasteiger partial charge in [-0.3, -0.25) is 4.79 Å². The number of carbonyl (C=O) groups is 1. The van der Waals surface area contributed by atoms with Crippen LogP contribution in [0.5, 0.6) is 0 Å². The molecule has 0 unspecified atom stereocenters. The molecule has 0 amide bonds. The first-order chi connectivity index (χ1) is 7.86. The Morgan fingerprint density at radius 3 is 2.47 bits per heavy atom. The van der Waals surface area contributed by atoms with Gasteiger partial charge in [0.15, 0.2) is 6.29 Å². The first-order valence-corrected chi connectivity index (χ1v) is 4.97. The van der Waals surface area contributed by atoms with Crippen LogP contribution in [0, 0.1) is 6.92 Å². The summed E-state index contributed by atoms with van der Waals surface area (Å²) in [6, 6.07) is 3.50. The Hall–Kier alpha value is -1.78. The van der Waals surface area contributed by atoms with Crippen LogP contribution in [0.2, 0.25) is 0 Å². The average Bonchev–Trinajstić information content (AvgIpc) is 2.50. The molecule has 2 aromatic rings.